The van der Waals surface area contributed by atoms with E-state index in [1.165, 1.54) is 11.1 Å². The largest absolute Gasteiger partial charge is 0.462 e. The summed E-state index contributed by atoms with van der Waals surface area (Å²) < 4.78 is 48.3. The number of aryl methyl sites for hydroxylation is 1. The van der Waals surface area contributed by atoms with E-state index >= 15 is 8.78 Å². The number of pyridine rings is 1. The van der Waals surface area contributed by atoms with E-state index in [0.717, 1.165) is 24.5 Å². The lowest BCUT2D eigenvalue weighted by Crippen LogP contribution is -2.41. The van der Waals surface area contributed by atoms with Crippen LogP contribution in [0, 0.1) is 11.6 Å². The van der Waals surface area contributed by atoms with Crippen LogP contribution in [-0.4, -0.2) is 58.5 Å². The standard InChI is InChI=1S/C34H39F2N3O7/c1-5-44-31(41)26-18-38(22-11-12-22)29-24(28(36)27(35)16-25(29)30(26)40)14-13-23-15-21(37-32(42)46-34(2,3)4)17-39(23)33(43)45-19-20-9-7-6-8-10-20/h6-10,16,18,21-23H,5,11-15,17,19H2,1-4H3,(H,37,42)/t21-,23+/m0/s1. The smallest absolute Gasteiger partial charge is 0.410 e. The minimum atomic E-state index is -1.21. The Balaban J connectivity index is 1.44. The highest BCUT2D eigenvalue weighted by Gasteiger charge is 2.38. The van der Waals surface area contributed by atoms with Crippen LogP contribution in [0.15, 0.2) is 47.4 Å². The van der Waals surface area contributed by atoms with Crippen LogP contribution >= 0.6 is 0 Å². The number of nitrogens with one attached hydrogen (secondary N) is 1. The van der Waals surface area contributed by atoms with Gasteiger partial charge >= 0.3 is 18.2 Å². The van der Waals surface area contributed by atoms with Crippen molar-refractivity contribution in [2.75, 3.05) is 13.2 Å². The summed E-state index contributed by atoms with van der Waals surface area (Å²) in [5, 5.41) is 2.70. The molecule has 5 rings (SSSR count). The molecule has 12 heteroatoms. The van der Waals surface area contributed by atoms with Crippen molar-refractivity contribution in [3.8, 4) is 0 Å². The molecular weight excluding hydrogens is 600 g/mol. The number of halogens is 2. The Morgan fingerprint density at radius 2 is 1.78 bits per heavy atom. The fraction of sp³-hybridized carbons (Fsp3) is 0.471. The van der Waals surface area contributed by atoms with E-state index in [0.29, 0.717) is 6.42 Å². The summed E-state index contributed by atoms with van der Waals surface area (Å²) in [6.45, 7) is 7.05. The molecule has 2 heterocycles. The maximum absolute atomic E-state index is 15.6. The van der Waals surface area contributed by atoms with Crippen molar-refractivity contribution in [2.24, 2.45) is 0 Å². The fourth-order valence-corrected chi connectivity index (χ4v) is 5.87. The van der Waals surface area contributed by atoms with Gasteiger partial charge in [-0.05, 0) is 71.4 Å². The summed E-state index contributed by atoms with van der Waals surface area (Å²) in [6, 6.07) is 8.92. The van der Waals surface area contributed by atoms with Crippen molar-refractivity contribution >= 4 is 29.1 Å². The normalized spacial score (nSPS) is 18.0. The predicted octanol–water partition coefficient (Wildman–Crippen LogP) is 6.03. The zero-order chi connectivity index (χ0) is 33.2. The van der Waals surface area contributed by atoms with E-state index in [9.17, 15) is 19.2 Å². The molecule has 2 amide bonds. The van der Waals surface area contributed by atoms with E-state index in [2.05, 4.69) is 5.32 Å². The SMILES string of the molecule is CCOC(=O)c1cn(C2CC2)c2c(CC[C@@H]3C[C@H](NC(=O)OC(C)(C)C)CN3C(=O)OCc3ccccc3)c(F)c(F)cc2c1=O. The lowest BCUT2D eigenvalue weighted by Gasteiger charge is -2.24. The van der Waals surface area contributed by atoms with Crippen molar-refractivity contribution in [3.63, 3.8) is 0 Å². The maximum Gasteiger partial charge on any atom is 0.410 e. The first-order chi connectivity index (χ1) is 21.9. The van der Waals surface area contributed by atoms with Gasteiger partial charge in [0, 0.05) is 35.8 Å². The molecule has 46 heavy (non-hydrogen) atoms. The molecule has 2 fully saturated rings. The fourth-order valence-electron chi connectivity index (χ4n) is 5.87. The van der Waals surface area contributed by atoms with Crippen LogP contribution in [0.1, 0.15) is 80.9 Å². The van der Waals surface area contributed by atoms with Crippen LogP contribution in [0.5, 0.6) is 0 Å². The second-order valence-electron chi connectivity index (χ2n) is 12.7. The molecule has 2 aromatic carbocycles. The third kappa shape index (κ3) is 7.48. The van der Waals surface area contributed by atoms with E-state index in [4.69, 9.17) is 14.2 Å². The molecule has 10 nitrogen and oxygen atoms in total. The van der Waals surface area contributed by atoms with Gasteiger partial charge < -0.3 is 29.0 Å². The van der Waals surface area contributed by atoms with Crippen molar-refractivity contribution in [2.45, 2.75) is 90.1 Å². The minimum absolute atomic E-state index is 0.0180. The first-order valence-corrected chi connectivity index (χ1v) is 15.6. The molecule has 246 valence electrons. The number of aromatic nitrogens is 1. The number of nitrogens with zero attached hydrogens (tertiary/aromatic N) is 2. The number of likely N-dealkylation sites (tertiary alicyclic amines) is 1. The number of carbonyl (C=O) groups is 3. The lowest BCUT2D eigenvalue weighted by atomic mass is 9.98. The highest BCUT2D eigenvalue weighted by molar-refractivity contribution is 5.94. The average Bonchev–Trinajstić information content (AvgIpc) is 3.76. The Morgan fingerprint density at radius 1 is 1.07 bits per heavy atom. The maximum atomic E-state index is 15.6. The summed E-state index contributed by atoms with van der Waals surface area (Å²) in [5.41, 5.74) is -0.702. The zero-order valence-electron chi connectivity index (χ0n) is 26.4. The lowest BCUT2D eigenvalue weighted by molar-refractivity contribution is 0.0498. The van der Waals surface area contributed by atoms with Crippen LogP contribution in [0.4, 0.5) is 18.4 Å². The number of ether oxygens (including phenoxy) is 3. The number of alkyl carbamates (subject to hydrolysis) is 1. The molecule has 0 radical (unpaired) electrons. The van der Waals surface area contributed by atoms with E-state index in [1.54, 1.807) is 32.3 Å². The van der Waals surface area contributed by atoms with Gasteiger partial charge in [0.2, 0.25) is 5.43 Å². The molecule has 1 N–H and O–H groups in total. The Labute approximate surface area is 265 Å². The van der Waals surface area contributed by atoms with Crippen molar-refractivity contribution < 1.29 is 37.4 Å². The number of benzene rings is 2. The molecule has 0 spiro atoms. The number of esters is 1. The third-order valence-corrected chi connectivity index (χ3v) is 8.04. The van der Waals surface area contributed by atoms with Gasteiger partial charge in [-0.1, -0.05) is 30.3 Å². The monoisotopic (exact) mass is 639 g/mol. The Morgan fingerprint density at radius 3 is 2.43 bits per heavy atom. The second kappa shape index (κ2) is 13.5. The summed E-state index contributed by atoms with van der Waals surface area (Å²) in [7, 11) is 0. The van der Waals surface area contributed by atoms with Crippen LogP contribution in [0.25, 0.3) is 10.9 Å². The summed E-state index contributed by atoms with van der Waals surface area (Å²) in [6.07, 6.45) is 2.10. The first kappa shape index (κ1) is 32.9. The molecular formula is C34H39F2N3O7. The zero-order valence-corrected chi connectivity index (χ0v) is 26.4. The molecule has 1 aromatic heterocycles. The summed E-state index contributed by atoms with van der Waals surface area (Å²) >= 11 is 0. The minimum Gasteiger partial charge on any atom is -0.462 e. The summed E-state index contributed by atoms with van der Waals surface area (Å²) in [5.74, 6) is -3.13. The van der Waals surface area contributed by atoms with Crippen molar-refractivity contribution in [1.82, 2.24) is 14.8 Å². The van der Waals surface area contributed by atoms with Gasteiger partial charge in [0.1, 0.15) is 17.8 Å². The van der Waals surface area contributed by atoms with Crippen LogP contribution < -0.4 is 10.7 Å². The Kier molecular flexibility index (Phi) is 9.64. The van der Waals surface area contributed by atoms with E-state index in [1.807, 2.05) is 30.3 Å². The number of hydrogen-bond donors (Lipinski definition) is 1. The number of amides is 2. The van der Waals surface area contributed by atoms with Gasteiger partial charge in [-0.2, -0.15) is 0 Å². The molecule has 3 aromatic rings. The molecule has 1 aliphatic heterocycles. The molecule has 1 saturated heterocycles. The molecule has 1 aliphatic carbocycles. The van der Waals surface area contributed by atoms with Gasteiger partial charge in [0.25, 0.3) is 0 Å². The molecule has 2 aliphatic rings. The summed E-state index contributed by atoms with van der Waals surface area (Å²) in [4.78, 5) is 53.3. The van der Waals surface area contributed by atoms with Gasteiger partial charge in [-0.15, -0.1) is 0 Å². The van der Waals surface area contributed by atoms with Crippen LogP contribution in [-0.2, 0) is 27.2 Å². The molecule has 0 bridgehead atoms. The number of rotatable bonds is 9. The molecule has 1 saturated carbocycles. The quantitative estimate of drug-likeness (QED) is 0.225. The topological polar surface area (TPSA) is 116 Å². The van der Waals surface area contributed by atoms with E-state index < -0.39 is 52.9 Å². The number of hydrogen-bond acceptors (Lipinski definition) is 7. The van der Waals surface area contributed by atoms with Gasteiger partial charge in [-0.25, -0.2) is 23.2 Å². The predicted molar refractivity (Wildman–Crippen MR) is 166 cm³/mol. The Hall–Kier alpha value is -4.48. The molecule has 0 unspecified atom stereocenters. The second-order valence-corrected chi connectivity index (χ2v) is 12.7. The highest BCUT2D eigenvalue weighted by Crippen LogP contribution is 2.39. The van der Waals surface area contributed by atoms with Gasteiger partial charge in [0.05, 0.1) is 18.2 Å². The van der Waals surface area contributed by atoms with Crippen molar-refractivity contribution in [1.29, 1.82) is 0 Å². The molecule has 2 atom stereocenters. The van der Waals surface area contributed by atoms with Crippen LogP contribution in [0.2, 0.25) is 0 Å². The van der Waals surface area contributed by atoms with E-state index in [-0.39, 0.29) is 60.7 Å². The van der Waals surface area contributed by atoms with Crippen LogP contribution in [0.3, 0.4) is 0 Å². The Bertz CT molecular complexity index is 1680. The van der Waals surface area contributed by atoms with Crippen molar-refractivity contribution in [3.05, 3.63) is 81.1 Å². The number of fused-ring (bicyclic) bond motifs is 1. The average molecular weight is 640 g/mol. The third-order valence-electron chi connectivity index (χ3n) is 8.04. The highest BCUT2D eigenvalue weighted by atomic mass is 19.2. The first-order valence-electron chi connectivity index (χ1n) is 15.6. The van der Waals surface area contributed by atoms with Gasteiger partial charge in [0.15, 0.2) is 11.6 Å². The number of carbonyl (C=O) groups excluding carboxylic acids is 3. The van der Waals surface area contributed by atoms with Gasteiger partial charge in [-0.3, -0.25) is 4.79 Å².